The summed E-state index contributed by atoms with van der Waals surface area (Å²) in [5, 5.41) is 0.442. The van der Waals surface area contributed by atoms with Crippen LogP contribution in [0.1, 0.15) is 37.0 Å². The Labute approximate surface area is 113 Å². The molecule has 0 radical (unpaired) electrons. The molecule has 0 aliphatic carbocycles. The third-order valence-electron chi connectivity index (χ3n) is 3.44. The van der Waals surface area contributed by atoms with Crippen LogP contribution in [0.4, 0.5) is 5.69 Å². The van der Waals surface area contributed by atoms with E-state index in [9.17, 15) is 4.79 Å². The van der Waals surface area contributed by atoms with Crippen LogP contribution in [-0.4, -0.2) is 23.9 Å². The van der Waals surface area contributed by atoms with Gasteiger partial charge in [0.25, 0.3) is 5.91 Å². The van der Waals surface area contributed by atoms with Gasteiger partial charge >= 0.3 is 0 Å². The molecule has 1 aromatic rings. The zero-order valence-electron chi connectivity index (χ0n) is 10.9. The molecule has 1 aliphatic rings. The van der Waals surface area contributed by atoms with E-state index >= 15 is 0 Å². The van der Waals surface area contributed by atoms with Crippen molar-refractivity contribution in [2.45, 2.75) is 26.7 Å². The Morgan fingerprint density at radius 2 is 2.17 bits per heavy atom. The van der Waals surface area contributed by atoms with Crippen molar-refractivity contribution in [3.8, 4) is 0 Å². The van der Waals surface area contributed by atoms with Gasteiger partial charge in [-0.15, -0.1) is 0 Å². The molecule has 4 heteroatoms. The van der Waals surface area contributed by atoms with Crippen LogP contribution >= 0.6 is 11.6 Å². The average Bonchev–Trinajstić information content (AvgIpc) is 2.30. The highest BCUT2D eigenvalue weighted by molar-refractivity contribution is 6.33. The quantitative estimate of drug-likeness (QED) is 0.794. The van der Waals surface area contributed by atoms with Crippen LogP contribution in [0.25, 0.3) is 0 Å². The topological polar surface area (TPSA) is 46.3 Å². The molecule has 1 fully saturated rings. The van der Waals surface area contributed by atoms with E-state index in [2.05, 4.69) is 13.8 Å². The van der Waals surface area contributed by atoms with Crippen molar-refractivity contribution in [3.05, 3.63) is 28.8 Å². The number of carbonyl (C=O) groups excluding carboxylic acids is 1. The van der Waals surface area contributed by atoms with Crippen LogP contribution in [-0.2, 0) is 0 Å². The van der Waals surface area contributed by atoms with Gasteiger partial charge in [-0.05, 0) is 36.5 Å². The number of nitrogens with zero attached hydrogens (tertiary/aromatic N) is 1. The van der Waals surface area contributed by atoms with Crippen LogP contribution in [0.15, 0.2) is 18.2 Å². The highest BCUT2D eigenvalue weighted by Gasteiger charge is 2.29. The van der Waals surface area contributed by atoms with Gasteiger partial charge in [0.2, 0.25) is 0 Å². The largest absolute Gasteiger partial charge is 0.398 e. The first-order valence-electron chi connectivity index (χ1n) is 6.23. The predicted octanol–water partition coefficient (Wildman–Crippen LogP) is 3.18. The SMILES string of the molecule is CC1(C)CCCN(C(=O)c2ccc(N)c(Cl)c2)C1. The molecule has 98 valence electrons. The van der Waals surface area contributed by atoms with Crippen LogP contribution in [0.3, 0.4) is 0 Å². The van der Waals surface area contributed by atoms with Crippen molar-refractivity contribution in [1.29, 1.82) is 0 Å². The highest BCUT2D eigenvalue weighted by Crippen LogP contribution is 2.29. The van der Waals surface area contributed by atoms with Gasteiger partial charge in [-0.25, -0.2) is 0 Å². The number of likely N-dealkylation sites (tertiary alicyclic amines) is 1. The number of carbonyl (C=O) groups is 1. The van der Waals surface area contributed by atoms with E-state index in [0.717, 1.165) is 19.5 Å². The molecule has 0 saturated carbocycles. The minimum absolute atomic E-state index is 0.0460. The van der Waals surface area contributed by atoms with Gasteiger partial charge in [0, 0.05) is 18.7 Å². The standard InChI is InChI=1S/C14H19ClN2O/c1-14(2)6-3-7-17(9-14)13(18)10-4-5-12(16)11(15)8-10/h4-5,8H,3,6-7,9,16H2,1-2H3. The fourth-order valence-electron chi connectivity index (χ4n) is 2.44. The maximum atomic E-state index is 12.4. The van der Waals surface area contributed by atoms with Crippen molar-refractivity contribution in [1.82, 2.24) is 4.90 Å². The van der Waals surface area contributed by atoms with Gasteiger partial charge in [0.1, 0.15) is 0 Å². The van der Waals surface area contributed by atoms with Gasteiger partial charge in [0.05, 0.1) is 10.7 Å². The fraction of sp³-hybridized carbons (Fsp3) is 0.500. The van der Waals surface area contributed by atoms with Crippen LogP contribution < -0.4 is 5.73 Å². The number of benzene rings is 1. The molecule has 0 unspecified atom stereocenters. The summed E-state index contributed by atoms with van der Waals surface area (Å²) in [7, 11) is 0. The molecule has 18 heavy (non-hydrogen) atoms. The molecule has 3 nitrogen and oxygen atoms in total. The van der Waals surface area contributed by atoms with Gasteiger partial charge in [0.15, 0.2) is 0 Å². The molecule has 0 spiro atoms. The molecule has 1 heterocycles. The number of rotatable bonds is 1. The normalized spacial score (nSPS) is 18.7. The number of hydrogen-bond donors (Lipinski definition) is 1. The predicted molar refractivity (Wildman–Crippen MR) is 74.8 cm³/mol. The summed E-state index contributed by atoms with van der Waals surface area (Å²) >= 11 is 5.96. The molecule has 2 N–H and O–H groups in total. The number of nitrogen functional groups attached to an aromatic ring is 1. The van der Waals surface area contributed by atoms with E-state index in [0.29, 0.717) is 16.3 Å². The molecule has 1 saturated heterocycles. The van der Waals surface area contributed by atoms with Crippen LogP contribution in [0, 0.1) is 5.41 Å². The third kappa shape index (κ3) is 2.78. The van der Waals surface area contributed by atoms with E-state index < -0.39 is 0 Å². The van der Waals surface area contributed by atoms with Crippen molar-refractivity contribution >= 4 is 23.2 Å². The van der Waals surface area contributed by atoms with Gasteiger partial charge in [-0.1, -0.05) is 25.4 Å². The molecular formula is C14H19ClN2O. The van der Waals surface area contributed by atoms with Crippen molar-refractivity contribution in [2.24, 2.45) is 5.41 Å². The Kier molecular flexibility index (Phi) is 3.53. The summed E-state index contributed by atoms with van der Waals surface area (Å²) in [5.41, 5.74) is 6.98. The van der Waals surface area contributed by atoms with E-state index in [1.54, 1.807) is 18.2 Å². The van der Waals surface area contributed by atoms with E-state index in [1.165, 1.54) is 6.42 Å². The first kappa shape index (κ1) is 13.2. The average molecular weight is 267 g/mol. The van der Waals surface area contributed by atoms with Gasteiger partial charge in [-0.3, -0.25) is 4.79 Å². The summed E-state index contributed by atoms with van der Waals surface area (Å²) in [5.74, 6) is 0.0460. The van der Waals surface area contributed by atoms with Crippen molar-refractivity contribution < 1.29 is 4.79 Å². The summed E-state index contributed by atoms with van der Waals surface area (Å²) in [4.78, 5) is 14.3. The summed E-state index contributed by atoms with van der Waals surface area (Å²) in [6, 6.07) is 5.08. The van der Waals surface area contributed by atoms with Crippen LogP contribution in [0.5, 0.6) is 0 Å². The lowest BCUT2D eigenvalue weighted by Gasteiger charge is -2.38. The zero-order valence-corrected chi connectivity index (χ0v) is 11.6. The first-order chi connectivity index (χ1) is 8.39. The molecular weight excluding hydrogens is 248 g/mol. The number of nitrogens with two attached hydrogens (primary N) is 1. The molecule has 1 amide bonds. The lowest BCUT2D eigenvalue weighted by atomic mass is 9.84. The van der Waals surface area contributed by atoms with Gasteiger partial charge in [-0.2, -0.15) is 0 Å². The number of hydrogen-bond acceptors (Lipinski definition) is 2. The van der Waals surface area contributed by atoms with Crippen LogP contribution in [0.2, 0.25) is 5.02 Å². The first-order valence-corrected chi connectivity index (χ1v) is 6.61. The van der Waals surface area contributed by atoms with E-state index in [1.807, 2.05) is 4.90 Å². The number of anilines is 1. The summed E-state index contributed by atoms with van der Waals surface area (Å²) in [6.07, 6.45) is 2.22. The summed E-state index contributed by atoms with van der Waals surface area (Å²) < 4.78 is 0. The minimum atomic E-state index is 0.0460. The molecule has 0 bridgehead atoms. The number of amides is 1. The maximum Gasteiger partial charge on any atom is 0.253 e. The smallest absolute Gasteiger partial charge is 0.253 e. The molecule has 2 rings (SSSR count). The third-order valence-corrected chi connectivity index (χ3v) is 3.76. The molecule has 1 aliphatic heterocycles. The fourth-order valence-corrected chi connectivity index (χ4v) is 2.62. The second kappa shape index (κ2) is 4.81. The lowest BCUT2D eigenvalue weighted by Crippen LogP contribution is -2.43. The molecule has 1 aromatic carbocycles. The molecule has 0 atom stereocenters. The van der Waals surface area contributed by atoms with E-state index in [4.69, 9.17) is 17.3 Å². The minimum Gasteiger partial charge on any atom is -0.398 e. The monoisotopic (exact) mass is 266 g/mol. The Bertz CT molecular complexity index is 471. The highest BCUT2D eigenvalue weighted by atomic mass is 35.5. The Morgan fingerprint density at radius 3 is 2.78 bits per heavy atom. The van der Waals surface area contributed by atoms with Crippen molar-refractivity contribution in [2.75, 3.05) is 18.8 Å². The second-order valence-corrected chi connectivity index (χ2v) is 6.14. The summed E-state index contributed by atoms with van der Waals surface area (Å²) in [6.45, 7) is 6.02. The van der Waals surface area contributed by atoms with E-state index in [-0.39, 0.29) is 11.3 Å². The Morgan fingerprint density at radius 1 is 1.44 bits per heavy atom. The second-order valence-electron chi connectivity index (χ2n) is 5.73. The maximum absolute atomic E-state index is 12.4. The Hall–Kier alpha value is -1.22. The van der Waals surface area contributed by atoms with Crippen molar-refractivity contribution in [3.63, 3.8) is 0 Å². The number of piperidine rings is 1. The Balaban J connectivity index is 2.18. The molecule has 0 aromatic heterocycles. The zero-order chi connectivity index (χ0) is 13.3. The van der Waals surface area contributed by atoms with Gasteiger partial charge < -0.3 is 10.6 Å². The lowest BCUT2D eigenvalue weighted by molar-refractivity contribution is 0.0583. The number of halogens is 1.